The van der Waals surface area contributed by atoms with Gasteiger partial charge in [-0.25, -0.2) is 0 Å². The van der Waals surface area contributed by atoms with Crippen molar-refractivity contribution in [2.45, 2.75) is 90.4 Å². The zero-order valence-corrected chi connectivity index (χ0v) is 60.8. The Balaban J connectivity index is 0.831. The van der Waals surface area contributed by atoms with E-state index in [4.69, 9.17) is 18.3 Å². The molecule has 0 unspecified atom stereocenters. The summed E-state index contributed by atoms with van der Waals surface area (Å²) in [7, 11) is 0. The maximum Gasteiger partial charge on any atom is 0.301 e. The first kappa shape index (κ1) is 63.2. The highest BCUT2D eigenvalue weighted by atomic mass is 16.5. The Kier molecular flexibility index (Phi) is 14.2. The Morgan fingerprint density at radius 1 is 0.346 bits per heavy atom. The van der Waals surface area contributed by atoms with Gasteiger partial charge in [0.2, 0.25) is 0 Å². The fraction of sp³-hybridized carbons (Fsp3) is 0.146. The van der Waals surface area contributed by atoms with Crippen LogP contribution in [0.15, 0.2) is 300 Å². The number of anilines is 12. The molecule has 5 aliphatic rings. The molecule has 16 aromatic rings. The highest BCUT2D eigenvalue weighted by molar-refractivity contribution is 7.00. The van der Waals surface area contributed by atoms with Crippen LogP contribution in [0.5, 0.6) is 23.0 Å². The molecule has 1 fully saturated rings. The molecule has 13 aromatic carbocycles. The molecule has 0 radical (unpaired) electrons. The van der Waals surface area contributed by atoms with Gasteiger partial charge >= 0.3 is 13.4 Å². The summed E-state index contributed by atoms with van der Waals surface area (Å²) < 4.78 is 33.0. The van der Waals surface area contributed by atoms with Crippen LogP contribution in [-0.2, 0) is 10.8 Å². The number of nitrogens with zero attached hydrogens (tertiary/aromatic N) is 5. The van der Waals surface area contributed by atoms with Crippen LogP contribution in [-0.4, -0.2) is 18.0 Å². The van der Waals surface area contributed by atoms with Crippen molar-refractivity contribution < 1.29 is 18.3 Å². The number of benzene rings is 13. The van der Waals surface area contributed by atoms with Gasteiger partial charge in [-0.2, -0.15) is 0 Å². The third-order valence-electron chi connectivity index (χ3n) is 23.3. The molecule has 1 aliphatic carbocycles. The molecule has 21 rings (SSSR count). The first-order valence-corrected chi connectivity index (χ1v) is 38.0. The van der Waals surface area contributed by atoms with E-state index in [9.17, 15) is 0 Å². The number of hydrogen-bond donors (Lipinski definition) is 0. The minimum absolute atomic E-state index is 0.0561. The molecule has 0 saturated heterocycles. The molecule has 9 nitrogen and oxygen atoms in total. The lowest BCUT2D eigenvalue weighted by molar-refractivity contribution is 0.443. The van der Waals surface area contributed by atoms with Crippen molar-refractivity contribution in [2.75, 3.05) is 19.6 Å². The van der Waals surface area contributed by atoms with Gasteiger partial charge in [0.1, 0.15) is 34.2 Å². The smallest absolute Gasteiger partial charge is 0.301 e. The second kappa shape index (κ2) is 24.1. The van der Waals surface area contributed by atoms with Crippen LogP contribution < -0.4 is 62.2 Å². The van der Waals surface area contributed by atoms with Gasteiger partial charge < -0.3 is 42.5 Å². The van der Waals surface area contributed by atoms with E-state index in [0.717, 1.165) is 174 Å². The van der Waals surface area contributed by atoms with E-state index in [1.54, 1.807) is 0 Å². The first-order chi connectivity index (χ1) is 52.3. The molecule has 0 spiro atoms. The van der Waals surface area contributed by atoms with Crippen molar-refractivity contribution >= 4 is 159 Å². The third kappa shape index (κ3) is 10.1. The Morgan fingerprint density at radius 2 is 0.720 bits per heavy atom. The molecule has 11 heteroatoms. The maximum absolute atomic E-state index is 7.79. The average molecular weight is 1390 g/mol. The quantitative estimate of drug-likeness (QED) is 0.126. The highest BCUT2D eigenvalue weighted by Crippen LogP contribution is 2.53. The van der Waals surface area contributed by atoms with E-state index in [2.05, 4.69) is 357 Å². The summed E-state index contributed by atoms with van der Waals surface area (Å²) in [4.78, 5) is 9.58. The van der Waals surface area contributed by atoms with Gasteiger partial charge in [0.25, 0.3) is 0 Å². The van der Waals surface area contributed by atoms with Crippen molar-refractivity contribution in [3.05, 3.63) is 308 Å². The molecule has 107 heavy (non-hydrogen) atoms. The molecule has 4 aliphatic heterocycles. The number of furan rings is 2. The van der Waals surface area contributed by atoms with Crippen LogP contribution >= 0.6 is 0 Å². The van der Waals surface area contributed by atoms with Gasteiger partial charge in [0, 0.05) is 108 Å². The van der Waals surface area contributed by atoms with Crippen LogP contribution in [0.1, 0.15) is 96.3 Å². The highest BCUT2D eigenvalue weighted by Gasteiger charge is 2.49. The molecule has 0 amide bonds. The lowest BCUT2D eigenvalue weighted by Gasteiger charge is -2.39. The second-order valence-corrected chi connectivity index (χ2v) is 31.8. The van der Waals surface area contributed by atoms with Crippen LogP contribution in [0.4, 0.5) is 68.2 Å². The summed E-state index contributed by atoms with van der Waals surface area (Å²) in [6.07, 6.45) is 6.25. The van der Waals surface area contributed by atoms with E-state index in [1.165, 1.54) is 48.8 Å². The summed E-state index contributed by atoms with van der Waals surface area (Å²) in [6.45, 7) is 12.9. The van der Waals surface area contributed by atoms with Crippen LogP contribution in [0.2, 0.25) is 0 Å². The third-order valence-corrected chi connectivity index (χ3v) is 23.3. The minimum atomic E-state index is -0.388. The molecule has 1 saturated carbocycles. The van der Waals surface area contributed by atoms with Gasteiger partial charge in [-0.1, -0.05) is 206 Å². The maximum atomic E-state index is 7.79. The number of para-hydroxylation sites is 6. The van der Waals surface area contributed by atoms with Crippen molar-refractivity contribution in [1.82, 2.24) is 4.57 Å². The van der Waals surface area contributed by atoms with E-state index < -0.39 is 0 Å². The molecule has 7 heterocycles. The van der Waals surface area contributed by atoms with Gasteiger partial charge in [0.15, 0.2) is 0 Å². The Labute approximate surface area is 624 Å². The lowest BCUT2D eigenvalue weighted by Crippen LogP contribution is -2.59. The molecule has 0 atom stereocenters. The standard InChI is InChI=1S/C96H77B2N5O4/c1-95(2,3)62-42-48-69(49-43-62)102-81-52-71(99(64-28-14-8-15-29-64)65-30-16-9-17-31-65)54-87-89(81)97(93-91(102)73-36-22-24-38-83(73)106-93)77-56-75-76-57-78-86(59-80(76)101(79(75)58-85(77)104-87)68-46-40-61(41-47-68)60-26-12-7-13-27-60)105-88-55-72(100(66-32-18-10-19-33-66)67-34-20-11-21-35-67)53-82-90(88)98(78)94-92(74-37-23-25-39-84(74)107-94)103(82)70-50-44-63(45-51-70)96(4,5)6/h8-11,14-25,28-60H,7,12-13,26-27H2,1-6H3. The van der Waals surface area contributed by atoms with Crippen molar-refractivity contribution in [2.24, 2.45) is 0 Å². The Hall–Kier alpha value is -12.3. The van der Waals surface area contributed by atoms with Crippen molar-refractivity contribution in [3.8, 4) is 28.7 Å². The topological polar surface area (TPSA) is 62.6 Å². The number of rotatable bonds is 10. The fourth-order valence-corrected chi connectivity index (χ4v) is 18.2. The minimum Gasteiger partial charge on any atom is -0.468 e. The zero-order chi connectivity index (χ0) is 71.6. The van der Waals surface area contributed by atoms with Crippen LogP contribution in [0, 0.1) is 0 Å². The van der Waals surface area contributed by atoms with E-state index >= 15 is 0 Å². The van der Waals surface area contributed by atoms with Crippen LogP contribution in [0.3, 0.4) is 0 Å². The zero-order valence-electron chi connectivity index (χ0n) is 60.8. The fourth-order valence-electron chi connectivity index (χ4n) is 18.2. The SMILES string of the molecule is CC(C)(C)c1ccc(N2c3cc(N(c4ccccc4)c4ccccc4)cc4c3B(c3cc5c6cc7c(cc6n(-c6ccc(C8CCCCC8)cc6)c5cc3O4)Oc3cc(N(c4ccccc4)c4ccccc4)cc4c3B7c3oc5ccccc5c3N4c3ccc(C(C)(C)C)cc3)c3oc4ccccc4c32)cc1. The number of hydrogen-bond acceptors (Lipinski definition) is 8. The predicted octanol–water partition coefficient (Wildman–Crippen LogP) is 22.7. The molecular formula is C96H77B2N5O4. The monoisotopic (exact) mass is 1390 g/mol. The van der Waals surface area contributed by atoms with Crippen molar-refractivity contribution in [1.29, 1.82) is 0 Å². The largest absolute Gasteiger partial charge is 0.468 e. The van der Waals surface area contributed by atoms with Gasteiger partial charge in [-0.15, -0.1) is 0 Å². The van der Waals surface area contributed by atoms with E-state index in [1.807, 2.05) is 0 Å². The molecule has 3 aromatic heterocycles. The van der Waals surface area contributed by atoms with Gasteiger partial charge in [-0.05, 0) is 179 Å². The van der Waals surface area contributed by atoms with E-state index in [-0.39, 0.29) is 24.3 Å². The first-order valence-electron chi connectivity index (χ1n) is 38.0. The number of fused-ring (bicyclic) bond motifs is 15. The Morgan fingerprint density at radius 3 is 1.11 bits per heavy atom. The van der Waals surface area contributed by atoms with Crippen molar-refractivity contribution in [3.63, 3.8) is 0 Å². The summed E-state index contributed by atoms with van der Waals surface area (Å²) in [5.74, 6) is 3.60. The molecule has 516 valence electrons. The predicted molar refractivity (Wildman–Crippen MR) is 445 cm³/mol. The summed E-state index contributed by atoms with van der Waals surface area (Å²) >= 11 is 0. The van der Waals surface area contributed by atoms with E-state index in [0.29, 0.717) is 5.92 Å². The summed E-state index contributed by atoms with van der Waals surface area (Å²) in [5.41, 5.74) is 26.6. The number of aromatic nitrogens is 1. The lowest BCUT2D eigenvalue weighted by atomic mass is 9.36. The van der Waals surface area contributed by atoms with Gasteiger partial charge in [0.05, 0.1) is 45.1 Å². The summed E-state index contributed by atoms with van der Waals surface area (Å²) in [6, 6.07) is 106. The normalized spacial score (nSPS) is 14.3. The second-order valence-electron chi connectivity index (χ2n) is 31.8. The molecule has 0 N–H and O–H groups in total. The summed E-state index contributed by atoms with van der Waals surface area (Å²) in [5, 5.41) is 4.25. The molecular weight excluding hydrogens is 1310 g/mol. The number of ether oxygens (including phenoxy) is 2. The average Bonchev–Trinajstić information content (AvgIpc) is 1.63. The Bertz CT molecular complexity index is 5790. The van der Waals surface area contributed by atoms with Crippen LogP contribution in [0.25, 0.3) is 49.4 Å². The van der Waals surface area contributed by atoms with Gasteiger partial charge in [-0.3, -0.25) is 0 Å². The molecule has 0 bridgehead atoms.